The van der Waals surface area contributed by atoms with Gasteiger partial charge in [0.05, 0.1) is 5.56 Å². The fourth-order valence-electron chi connectivity index (χ4n) is 3.88. The number of ether oxygens (including phenoxy) is 2. The average molecular weight is 417 g/mol. The molecule has 0 spiro atoms. The third-order valence-electron chi connectivity index (χ3n) is 5.98. The first kappa shape index (κ1) is 26.0. The van der Waals surface area contributed by atoms with Gasteiger partial charge in [0.15, 0.2) is 5.79 Å². The number of methoxy groups -OCH3 is 2. The van der Waals surface area contributed by atoms with Crippen LogP contribution in [-0.2, 0) is 22.1 Å². The molecule has 5 heteroatoms. The van der Waals surface area contributed by atoms with Crippen molar-refractivity contribution in [1.29, 1.82) is 0 Å². The number of rotatable bonds is 15. The van der Waals surface area contributed by atoms with Gasteiger partial charge in [0, 0.05) is 20.1 Å². The molecule has 1 aromatic carbocycles. The number of benzene rings is 1. The van der Waals surface area contributed by atoms with E-state index in [2.05, 4.69) is 6.92 Å². The van der Waals surface area contributed by atoms with Crippen molar-refractivity contribution in [3.63, 3.8) is 0 Å². The van der Waals surface area contributed by atoms with Crippen LogP contribution in [0.15, 0.2) is 24.3 Å². The fraction of sp³-hybridized carbons (Fsp3) is 0.750. The van der Waals surface area contributed by atoms with E-state index in [4.69, 9.17) is 9.47 Å². The number of halogens is 3. The third kappa shape index (κ3) is 9.52. The van der Waals surface area contributed by atoms with Crippen LogP contribution in [0.25, 0.3) is 0 Å². The molecule has 0 aliphatic carbocycles. The van der Waals surface area contributed by atoms with Crippen LogP contribution in [0.3, 0.4) is 0 Å². The molecule has 0 radical (unpaired) electrons. The second kappa shape index (κ2) is 13.3. The molecule has 29 heavy (non-hydrogen) atoms. The largest absolute Gasteiger partial charge is 0.416 e. The lowest BCUT2D eigenvalue weighted by Crippen LogP contribution is -2.39. The van der Waals surface area contributed by atoms with Gasteiger partial charge in [-0.3, -0.25) is 0 Å². The Labute approximate surface area is 175 Å². The molecule has 0 aromatic heterocycles. The SMILES string of the molecule is CCCCCCCCC(CCCCc1cccc(C(F)(F)F)c1)C(C)(OC)OC. The lowest BCUT2D eigenvalue weighted by atomic mass is 9.87. The molecule has 0 bridgehead atoms. The maximum absolute atomic E-state index is 12.9. The Morgan fingerprint density at radius 1 is 0.862 bits per heavy atom. The first-order chi connectivity index (χ1) is 13.8. The van der Waals surface area contributed by atoms with E-state index in [0.717, 1.165) is 43.7 Å². The number of hydrogen-bond donors (Lipinski definition) is 0. The Morgan fingerprint density at radius 2 is 1.45 bits per heavy atom. The Kier molecular flexibility index (Phi) is 11.9. The maximum atomic E-state index is 12.9. The van der Waals surface area contributed by atoms with Crippen molar-refractivity contribution in [3.05, 3.63) is 35.4 Å². The molecule has 1 atom stereocenters. The highest BCUT2D eigenvalue weighted by atomic mass is 19.4. The summed E-state index contributed by atoms with van der Waals surface area (Å²) in [4.78, 5) is 0. The summed E-state index contributed by atoms with van der Waals surface area (Å²) in [6, 6.07) is 5.66. The summed E-state index contributed by atoms with van der Waals surface area (Å²) in [7, 11) is 3.36. The smallest absolute Gasteiger partial charge is 0.353 e. The Bertz CT molecular complexity index is 553. The van der Waals surface area contributed by atoms with Gasteiger partial charge in [-0.25, -0.2) is 0 Å². The number of hydrogen-bond acceptors (Lipinski definition) is 2. The summed E-state index contributed by atoms with van der Waals surface area (Å²) in [6.45, 7) is 4.21. The lowest BCUT2D eigenvalue weighted by Gasteiger charge is -2.35. The minimum Gasteiger partial charge on any atom is -0.353 e. The van der Waals surface area contributed by atoms with Gasteiger partial charge in [0.25, 0.3) is 0 Å². The van der Waals surface area contributed by atoms with Crippen molar-refractivity contribution in [2.45, 2.75) is 96.4 Å². The third-order valence-corrected chi connectivity index (χ3v) is 5.98. The van der Waals surface area contributed by atoms with Crippen LogP contribution >= 0.6 is 0 Å². The second-order valence-electron chi connectivity index (χ2n) is 8.12. The molecule has 168 valence electrons. The Balaban J connectivity index is 2.51. The van der Waals surface area contributed by atoms with Crippen LogP contribution in [0.4, 0.5) is 13.2 Å². The highest BCUT2D eigenvalue weighted by Crippen LogP contribution is 2.33. The van der Waals surface area contributed by atoms with Crippen molar-refractivity contribution in [1.82, 2.24) is 0 Å². The van der Waals surface area contributed by atoms with Crippen molar-refractivity contribution >= 4 is 0 Å². The van der Waals surface area contributed by atoms with Gasteiger partial charge in [-0.1, -0.05) is 70.1 Å². The van der Waals surface area contributed by atoms with E-state index in [0.29, 0.717) is 6.42 Å². The highest BCUT2D eigenvalue weighted by Gasteiger charge is 2.33. The number of aryl methyl sites for hydroxylation is 1. The van der Waals surface area contributed by atoms with E-state index < -0.39 is 17.5 Å². The van der Waals surface area contributed by atoms with Crippen LogP contribution in [0.1, 0.15) is 89.2 Å². The lowest BCUT2D eigenvalue weighted by molar-refractivity contribution is -0.230. The summed E-state index contributed by atoms with van der Waals surface area (Å²) in [6.07, 6.45) is 7.68. The van der Waals surface area contributed by atoms with Crippen LogP contribution in [0, 0.1) is 5.92 Å². The summed E-state index contributed by atoms with van der Waals surface area (Å²) in [5.41, 5.74) is 0.177. The molecule has 0 aliphatic rings. The van der Waals surface area contributed by atoms with Crippen LogP contribution < -0.4 is 0 Å². The van der Waals surface area contributed by atoms with Gasteiger partial charge in [-0.15, -0.1) is 0 Å². The van der Waals surface area contributed by atoms with Gasteiger partial charge in [0.2, 0.25) is 0 Å². The normalized spacial score (nSPS) is 13.6. The standard InChI is InChI=1S/C24H39F3O2/c1-5-6-7-8-9-10-16-21(23(2,28-3)29-4)17-12-11-14-20-15-13-18-22(19-20)24(25,26)27/h13,15,18-19,21H,5-12,14,16-17H2,1-4H3. The molecule has 0 amide bonds. The Hall–Kier alpha value is -1.07. The first-order valence-electron chi connectivity index (χ1n) is 11.0. The van der Waals surface area contributed by atoms with Gasteiger partial charge < -0.3 is 9.47 Å². The van der Waals surface area contributed by atoms with E-state index in [-0.39, 0.29) is 5.92 Å². The van der Waals surface area contributed by atoms with E-state index in [1.807, 2.05) is 6.92 Å². The Morgan fingerprint density at radius 3 is 2.03 bits per heavy atom. The first-order valence-corrected chi connectivity index (χ1v) is 11.0. The van der Waals surface area contributed by atoms with Crippen LogP contribution in [0.5, 0.6) is 0 Å². The van der Waals surface area contributed by atoms with Gasteiger partial charge in [-0.2, -0.15) is 13.2 Å². The molecule has 0 saturated heterocycles. The molecule has 2 nitrogen and oxygen atoms in total. The van der Waals surface area contributed by atoms with Crippen LogP contribution in [0.2, 0.25) is 0 Å². The summed E-state index contributed by atoms with van der Waals surface area (Å²) in [5.74, 6) is -0.329. The minimum atomic E-state index is -4.28. The molecule has 0 N–H and O–H groups in total. The number of alkyl halides is 3. The van der Waals surface area contributed by atoms with E-state index in [1.165, 1.54) is 44.2 Å². The van der Waals surface area contributed by atoms with Gasteiger partial charge in [0.1, 0.15) is 0 Å². The minimum absolute atomic E-state index is 0.283. The molecule has 0 fully saturated rings. The maximum Gasteiger partial charge on any atom is 0.416 e. The van der Waals surface area contributed by atoms with E-state index >= 15 is 0 Å². The molecular weight excluding hydrogens is 377 g/mol. The summed E-state index contributed by atoms with van der Waals surface area (Å²) >= 11 is 0. The van der Waals surface area contributed by atoms with E-state index in [9.17, 15) is 13.2 Å². The fourth-order valence-corrected chi connectivity index (χ4v) is 3.88. The molecule has 1 rings (SSSR count). The molecule has 0 aliphatic heterocycles. The van der Waals surface area contributed by atoms with Gasteiger partial charge in [-0.05, 0) is 44.2 Å². The van der Waals surface area contributed by atoms with Crippen molar-refractivity contribution < 1.29 is 22.6 Å². The topological polar surface area (TPSA) is 18.5 Å². The zero-order chi connectivity index (χ0) is 21.8. The molecule has 0 heterocycles. The second-order valence-corrected chi connectivity index (χ2v) is 8.12. The zero-order valence-electron chi connectivity index (χ0n) is 18.6. The van der Waals surface area contributed by atoms with Crippen molar-refractivity contribution in [2.24, 2.45) is 5.92 Å². The van der Waals surface area contributed by atoms with Gasteiger partial charge >= 0.3 is 6.18 Å². The quantitative estimate of drug-likeness (QED) is 0.214. The van der Waals surface area contributed by atoms with Crippen molar-refractivity contribution in [3.8, 4) is 0 Å². The predicted molar refractivity (Wildman–Crippen MR) is 113 cm³/mol. The van der Waals surface area contributed by atoms with Crippen molar-refractivity contribution in [2.75, 3.05) is 14.2 Å². The van der Waals surface area contributed by atoms with E-state index in [1.54, 1.807) is 20.3 Å². The molecular formula is C24H39F3O2. The highest BCUT2D eigenvalue weighted by molar-refractivity contribution is 5.25. The number of unbranched alkanes of at least 4 members (excludes halogenated alkanes) is 6. The molecule has 1 unspecified atom stereocenters. The zero-order valence-corrected chi connectivity index (χ0v) is 18.6. The summed E-state index contributed by atoms with van der Waals surface area (Å²) < 4.78 is 49.9. The van der Waals surface area contributed by atoms with Crippen LogP contribution in [-0.4, -0.2) is 20.0 Å². The summed E-state index contributed by atoms with van der Waals surface area (Å²) in [5, 5.41) is 0. The predicted octanol–water partition coefficient (Wildman–Crippen LogP) is 7.79. The monoisotopic (exact) mass is 416 g/mol. The molecule has 0 saturated carbocycles. The molecule has 1 aromatic rings. The average Bonchev–Trinajstić information content (AvgIpc) is 2.71.